The lowest BCUT2D eigenvalue weighted by molar-refractivity contribution is -0.120. The summed E-state index contributed by atoms with van der Waals surface area (Å²) in [4.78, 5) is 15.2. The van der Waals surface area contributed by atoms with E-state index in [2.05, 4.69) is 10.2 Å². The van der Waals surface area contributed by atoms with Gasteiger partial charge in [-0.2, -0.15) is 4.31 Å². The monoisotopic (exact) mass is 445 g/mol. The zero-order chi connectivity index (χ0) is 21.8. The summed E-state index contributed by atoms with van der Waals surface area (Å²) in [6.07, 6.45) is 4.93. The van der Waals surface area contributed by atoms with Gasteiger partial charge in [0.05, 0.1) is 10.8 Å². The number of halogens is 1. The number of carbonyl (C=O) groups excluding carboxylic acids is 1. The molecule has 2 aliphatic heterocycles. The molecule has 2 fully saturated rings. The molecule has 0 saturated carbocycles. The van der Waals surface area contributed by atoms with Crippen molar-refractivity contribution in [1.82, 2.24) is 4.31 Å². The van der Waals surface area contributed by atoms with Gasteiger partial charge in [0.25, 0.3) is 0 Å². The number of amides is 1. The van der Waals surface area contributed by atoms with Gasteiger partial charge in [0.15, 0.2) is 0 Å². The molecule has 1 amide bonds. The van der Waals surface area contributed by atoms with E-state index in [-0.39, 0.29) is 17.3 Å². The molecule has 0 aliphatic carbocycles. The molecule has 166 valence electrons. The second-order valence-corrected chi connectivity index (χ2v) is 10.2. The number of nitrogens with one attached hydrogen (secondary N) is 1. The van der Waals surface area contributed by atoms with Crippen LogP contribution in [-0.2, 0) is 14.8 Å². The van der Waals surface area contributed by atoms with Crippen LogP contribution in [0.15, 0.2) is 53.4 Å². The van der Waals surface area contributed by atoms with Crippen LogP contribution in [0.2, 0.25) is 0 Å². The van der Waals surface area contributed by atoms with Crippen LogP contribution < -0.4 is 10.2 Å². The number of hydrogen-bond acceptors (Lipinski definition) is 4. The Bertz CT molecular complexity index is 1000. The van der Waals surface area contributed by atoms with Crippen LogP contribution in [0.5, 0.6) is 0 Å². The van der Waals surface area contributed by atoms with Crippen LogP contribution >= 0.6 is 0 Å². The zero-order valence-electron chi connectivity index (χ0n) is 17.5. The van der Waals surface area contributed by atoms with Crippen LogP contribution in [-0.4, -0.2) is 44.8 Å². The number of piperidine rings is 2. The van der Waals surface area contributed by atoms with E-state index < -0.39 is 21.8 Å². The third kappa shape index (κ3) is 5.07. The van der Waals surface area contributed by atoms with Gasteiger partial charge in [-0.05, 0) is 80.6 Å². The lowest BCUT2D eigenvalue weighted by Crippen LogP contribution is -2.43. The molecular weight excluding hydrogens is 417 g/mol. The average molecular weight is 446 g/mol. The summed E-state index contributed by atoms with van der Waals surface area (Å²) in [5.74, 6) is -1.09. The van der Waals surface area contributed by atoms with E-state index in [0.717, 1.165) is 30.9 Å². The summed E-state index contributed by atoms with van der Waals surface area (Å²) in [6.45, 7) is 2.60. The van der Waals surface area contributed by atoms with Crippen molar-refractivity contribution in [2.24, 2.45) is 5.92 Å². The Morgan fingerprint density at radius 2 is 1.58 bits per heavy atom. The van der Waals surface area contributed by atoms with E-state index in [9.17, 15) is 17.6 Å². The van der Waals surface area contributed by atoms with Crippen molar-refractivity contribution >= 4 is 27.3 Å². The van der Waals surface area contributed by atoms with E-state index in [0.29, 0.717) is 25.1 Å². The van der Waals surface area contributed by atoms with Crippen molar-refractivity contribution < 1.29 is 17.6 Å². The Morgan fingerprint density at radius 1 is 0.903 bits per heavy atom. The summed E-state index contributed by atoms with van der Waals surface area (Å²) in [5, 5.41) is 2.93. The predicted octanol–water partition coefficient (Wildman–Crippen LogP) is 3.86. The normalized spacial score (nSPS) is 20.4. The van der Waals surface area contributed by atoms with E-state index in [4.69, 9.17) is 0 Å². The third-order valence-electron chi connectivity index (χ3n) is 6.06. The van der Waals surface area contributed by atoms with Gasteiger partial charge in [-0.15, -0.1) is 0 Å². The summed E-state index contributed by atoms with van der Waals surface area (Å²) in [6, 6.07) is 12.6. The molecule has 31 heavy (non-hydrogen) atoms. The highest BCUT2D eigenvalue weighted by atomic mass is 32.2. The molecular formula is C23H28FN3O3S. The number of sulfonamides is 1. The second-order valence-electron chi connectivity index (χ2n) is 8.24. The minimum Gasteiger partial charge on any atom is -0.372 e. The molecule has 2 aliphatic rings. The molecule has 6 nitrogen and oxygen atoms in total. The third-order valence-corrected chi connectivity index (χ3v) is 7.94. The summed E-state index contributed by atoms with van der Waals surface area (Å²) in [5.41, 5.74) is 1.87. The van der Waals surface area contributed by atoms with Crippen LogP contribution in [0, 0.1) is 11.7 Å². The van der Waals surface area contributed by atoms with Crippen LogP contribution in [0.4, 0.5) is 15.8 Å². The van der Waals surface area contributed by atoms with Crippen molar-refractivity contribution in [1.29, 1.82) is 0 Å². The molecule has 0 aromatic heterocycles. The van der Waals surface area contributed by atoms with E-state index in [1.807, 2.05) is 24.3 Å². The van der Waals surface area contributed by atoms with Gasteiger partial charge in [-0.1, -0.05) is 0 Å². The Hall–Kier alpha value is -2.45. The number of carbonyl (C=O) groups is 1. The maximum absolute atomic E-state index is 13.2. The molecule has 1 atom stereocenters. The van der Waals surface area contributed by atoms with E-state index in [1.165, 1.54) is 35.7 Å². The maximum atomic E-state index is 13.2. The average Bonchev–Trinajstić information content (AvgIpc) is 2.80. The van der Waals surface area contributed by atoms with Crippen molar-refractivity contribution in [3.63, 3.8) is 0 Å². The first-order chi connectivity index (χ1) is 14.9. The molecule has 0 bridgehead atoms. The summed E-state index contributed by atoms with van der Waals surface area (Å²) >= 11 is 0. The number of anilines is 2. The largest absolute Gasteiger partial charge is 0.372 e. The van der Waals surface area contributed by atoms with Crippen molar-refractivity contribution in [3.8, 4) is 0 Å². The molecule has 0 spiro atoms. The first-order valence-electron chi connectivity index (χ1n) is 10.8. The number of benzene rings is 2. The molecule has 8 heteroatoms. The molecule has 0 unspecified atom stereocenters. The van der Waals surface area contributed by atoms with Gasteiger partial charge < -0.3 is 10.2 Å². The van der Waals surface area contributed by atoms with Crippen molar-refractivity contribution in [3.05, 3.63) is 54.3 Å². The first kappa shape index (κ1) is 21.8. The van der Waals surface area contributed by atoms with Gasteiger partial charge in [-0.25, -0.2) is 12.8 Å². The molecule has 2 saturated heterocycles. The molecule has 2 aromatic carbocycles. The maximum Gasteiger partial charge on any atom is 0.243 e. The standard InChI is InChI=1S/C23H28FN3O3S/c24-19-6-12-22(13-7-19)31(29,30)27-16-4-5-18(17-27)23(28)25-20-8-10-21(11-9-20)26-14-2-1-3-15-26/h6-13,18H,1-5,14-17H2,(H,25,28)/t18-/m0/s1. The highest BCUT2D eigenvalue weighted by Crippen LogP contribution is 2.26. The molecule has 2 heterocycles. The molecule has 0 radical (unpaired) electrons. The second kappa shape index (κ2) is 9.36. The fourth-order valence-electron chi connectivity index (χ4n) is 4.28. The number of rotatable bonds is 5. The van der Waals surface area contributed by atoms with Crippen LogP contribution in [0.25, 0.3) is 0 Å². The zero-order valence-corrected chi connectivity index (χ0v) is 18.3. The van der Waals surface area contributed by atoms with Crippen LogP contribution in [0.3, 0.4) is 0 Å². The SMILES string of the molecule is O=C(Nc1ccc(N2CCCCC2)cc1)[C@H]1CCCN(S(=O)(=O)c2ccc(F)cc2)C1. The Labute approximate surface area is 183 Å². The molecule has 1 N–H and O–H groups in total. The van der Waals surface area contributed by atoms with Crippen molar-refractivity contribution in [2.45, 2.75) is 37.0 Å². The minimum absolute atomic E-state index is 0.0447. The highest BCUT2D eigenvalue weighted by Gasteiger charge is 2.33. The molecule has 2 aromatic rings. The lowest BCUT2D eigenvalue weighted by atomic mass is 9.98. The van der Waals surface area contributed by atoms with Gasteiger partial charge in [0.1, 0.15) is 5.82 Å². The quantitative estimate of drug-likeness (QED) is 0.759. The fraction of sp³-hybridized carbons (Fsp3) is 0.435. The number of hydrogen-bond donors (Lipinski definition) is 1. The summed E-state index contributed by atoms with van der Waals surface area (Å²) in [7, 11) is -3.76. The Balaban J connectivity index is 1.39. The van der Waals surface area contributed by atoms with Gasteiger partial charge in [-0.3, -0.25) is 4.79 Å². The fourth-order valence-corrected chi connectivity index (χ4v) is 5.81. The molecule has 4 rings (SSSR count). The first-order valence-corrected chi connectivity index (χ1v) is 12.3. The smallest absolute Gasteiger partial charge is 0.243 e. The van der Waals surface area contributed by atoms with Gasteiger partial charge in [0, 0.05) is 37.6 Å². The Morgan fingerprint density at radius 3 is 2.26 bits per heavy atom. The van der Waals surface area contributed by atoms with Crippen molar-refractivity contribution in [2.75, 3.05) is 36.4 Å². The van der Waals surface area contributed by atoms with E-state index >= 15 is 0 Å². The van der Waals surface area contributed by atoms with E-state index in [1.54, 1.807) is 0 Å². The van der Waals surface area contributed by atoms with Gasteiger partial charge in [0.2, 0.25) is 15.9 Å². The number of nitrogens with zero attached hydrogens (tertiary/aromatic N) is 2. The van der Waals surface area contributed by atoms with Crippen LogP contribution in [0.1, 0.15) is 32.1 Å². The minimum atomic E-state index is -3.76. The summed E-state index contributed by atoms with van der Waals surface area (Å²) < 4.78 is 40.2. The lowest BCUT2D eigenvalue weighted by Gasteiger charge is -2.31. The topological polar surface area (TPSA) is 69.7 Å². The van der Waals surface area contributed by atoms with Gasteiger partial charge >= 0.3 is 0 Å². The predicted molar refractivity (Wildman–Crippen MR) is 119 cm³/mol. The highest BCUT2D eigenvalue weighted by molar-refractivity contribution is 7.89. The Kier molecular flexibility index (Phi) is 6.57.